The first-order valence-electron chi connectivity index (χ1n) is 7.05. The quantitative estimate of drug-likeness (QED) is 0.876. The van der Waals surface area contributed by atoms with Gasteiger partial charge in [-0.3, -0.25) is 0 Å². The van der Waals surface area contributed by atoms with Crippen LogP contribution in [0.5, 0.6) is 0 Å². The lowest BCUT2D eigenvalue weighted by atomic mass is 9.75. The van der Waals surface area contributed by atoms with Crippen molar-refractivity contribution < 1.29 is 0 Å². The van der Waals surface area contributed by atoms with Gasteiger partial charge in [0.15, 0.2) is 0 Å². The van der Waals surface area contributed by atoms with Crippen molar-refractivity contribution in [3.05, 3.63) is 17.2 Å². The molecule has 0 bridgehead atoms. The van der Waals surface area contributed by atoms with E-state index in [0.29, 0.717) is 5.54 Å². The number of nitrogens with one attached hydrogen (secondary N) is 1. The fraction of sp³-hybridized carbons (Fsp3) is 0.786. The molecule has 4 nitrogen and oxygen atoms in total. The molecule has 1 fully saturated rings. The predicted octanol–water partition coefficient (Wildman–Crippen LogP) is 1.32. The molecule has 0 amide bonds. The van der Waals surface area contributed by atoms with Crippen molar-refractivity contribution in [1.82, 2.24) is 19.8 Å². The highest BCUT2D eigenvalue weighted by atomic mass is 15.2. The van der Waals surface area contributed by atoms with Crippen LogP contribution in [0.2, 0.25) is 0 Å². The average molecular weight is 248 g/mol. The maximum Gasteiger partial charge on any atom is 0.106 e. The number of fused-ring (bicyclic) bond motifs is 1. The van der Waals surface area contributed by atoms with E-state index in [1.54, 1.807) is 0 Å². The van der Waals surface area contributed by atoms with Gasteiger partial charge in [0.25, 0.3) is 0 Å². The molecule has 4 heteroatoms. The molecule has 18 heavy (non-hydrogen) atoms. The second-order valence-electron chi connectivity index (χ2n) is 6.04. The zero-order chi connectivity index (χ0) is 12.8. The fourth-order valence-electron chi connectivity index (χ4n) is 3.34. The first-order valence-corrected chi connectivity index (χ1v) is 7.05. The van der Waals surface area contributed by atoms with Gasteiger partial charge in [-0.05, 0) is 40.3 Å². The number of rotatable bonds is 3. The van der Waals surface area contributed by atoms with Crippen LogP contribution in [0.25, 0.3) is 0 Å². The molecule has 0 spiro atoms. The third kappa shape index (κ3) is 1.79. The van der Waals surface area contributed by atoms with Crippen molar-refractivity contribution in [2.75, 3.05) is 20.6 Å². The summed E-state index contributed by atoms with van der Waals surface area (Å²) in [5.41, 5.74) is 3.12. The molecule has 0 aromatic carbocycles. The van der Waals surface area contributed by atoms with Gasteiger partial charge in [0.2, 0.25) is 0 Å². The third-order valence-electron chi connectivity index (χ3n) is 4.86. The largest absolute Gasteiger partial charge is 0.330 e. The standard InChI is InChI=1S/C14H24N4/c1-11-16-12-9-15-8-5-13(12)18(11)10-14(17(2)3)6-4-7-14/h15H,4-10H2,1-3H3. The molecule has 1 aliphatic heterocycles. The van der Waals surface area contributed by atoms with Gasteiger partial charge in [0.1, 0.15) is 5.82 Å². The van der Waals surface area contributed by atoms with Crippen LogP contribution in [0.15, 0.2) is 0 Å². The lowest BCUT2D eigenvalue weighted by Gasteiger charge is -2.48. The van der Waals surface area contributed by atoms with Gasteiger partial charge in [-0.15, -0.1) is 0 Å². The van der Waals surface area contributed by atoms with Gasteiger partial charge in [0.05, 0.1) is 5.69 Å². The van der Waals surface area contributed by atoms with Crippen molar-refractivity contribution in [1.29, 1.82) is 0 Å². The van der Waals surface area contributed by atoms with Gasteiger partial charge in [0, 0.05) is 37.3 Å². The summed E-state index contributed by atoms with van der Waals surface area (Å²) in [5.74, 6) is 1.19. The van der Waals surface area contributed by atoms with E-state index in [4.69, 9.17) is 4.98 Å². The van der Waals surface area contributed by atoms with Gasteiger partial charge < -0.3 is 14.8 Å². The number of aryl methyl sites for hydroxylation is 1. The van der Waals surface area contributed by atoms with Crippen LogP contribution in [0.3, 0.4) is 0 Å². The molecule has 0 unspecified atom stereocenters. The van der Waals surface area contributed by atoms with Gasteiger partial charge in [-0.2, -0.15) is 0 Å². The topological polar surface area (TPSA) is 33.1 Å². The van der Waals surface area contributed by atoms with E-state index >= 15 is 0 Å². The van der Waals surface area contributed by atoms with Crippen LogP contribution in [0.1, 0.15) is 36.5 Å². The van der Waals surface area contributed by atoms with E-state index in [-0.39, 0.29) is 0 Å². The van der Waals surface area contributed by atoms with Crippen LogP contribution in [-0.2, 0) is 19.5 Å². The van der Waals surface area contributed by atoms with E-state index in [2.05, 4.69) is 35.8 Å². The Morgan fingerprint density at radius 1 is 1.39 bits per heavy atom. The van der Waals surface area contributed by atoms with Crippen LogP contribution < -0.4 is 5.32 Å². The lowest BCUT2D eigenvalue weighted by Crippen LogP contribution is -2.53. The maximum absolute atomic E-state index is 4.73. The smallest absolute Gasteiger partial charge is 0.106 e. The van der Waals surface area contributed by atoms with E-state index in [1.807, 2.05) is 0 Å². The maximum atomic E-state index is 4.73. The van der Waals surface area contributed by atoms with Crippen molar-refractivity contribution in [2.24, 2.45) is 0 Å². The van der Waals surface area contributed by atoms with Crippen molar-refractivity contribution in [3.63, 3.8) is 0 Å². The van der Waals surface area contributed by atoms with E-state index in [0.717, 1.165) is 26.1 Å². The molecular weight excluding hydrogens is 224 g/mol. The Kier molecular flexibility index (Phi) is 2.94. The minimum Gasteiger partial charge on any atom is -0.330 e. The molecule has 1 aromatic heterocycles. The fourth-order valence-corrected chi connectivity index (χ4v) is 3.34. The first-order chi connectivity index (χ1) is 8.62. The van der Waals surface area contributed by atoms with Crippen LogP contribution in [-0.4, -0.2) is 40.6 Å². The Morgan fingerprint density at radius 3 is 2.78 bits per heavy atom. The second kappa shape index (κ2) is 4.35. The molecule has 2 heterocycles. The van der Waals surface area contributed by atoms with E-state index < -0.39 is 0 Å². The van der Waals surface area contributed by atoms with Crippen molar-refractivity contribution >= 4 is 0 Å². The summed E-state index contributed by atoms with van der Waals surface area (Å²) >= 11 is 0. The molecule has 3 rings (SSSR count). The Hall–Kier alpha value is -0.870. The normalized spacial score (nSPS) is 21.8. The van der Waals surface area contributed by atoms with Crippen molar-refractivity contribution in [3.8, 4) is 0 Å². The van der Waals surface area contributed by atoms with Crippen LogP contribution in [0.4, 0.5) is 0 Å². The number of aromatic nitrogens is 2. The monoisotopic (exact) mass is 248 g/mol. The Bertz CT molecular complexity index is 443. The second-order valence-corrected chi connectivity index (χ2v) is 6.04. The molecule has 2 aliphatic rings. The summed E-state index contributed by atoms with van der Waals surface area (Å²) < 4.78 is 2.48. The molecule has 1 aromatic rings. The van der Waals surface area contributed by atoms with Crippen LogP contribution in [0, 0.1) is 6.92 Å². The zero-order valence-corrected chi connectivity index (χ0v) is 11.8. The van der Waals surface area contributed by atoms with Crippen LogP contribution >= 0.6 is 0 Å². The SMILES string of the molecule is Cc1nc2c(n1CC1(N(C)C)CCC1)CCNC2. The summed E-state index contributed by atoms with van der Waals surface area (Å²) in [6, 6.07) is 0. The van der Waals surface area contributed by atoms with Crippen molar-refractivity contribution in [2.45, 2.75) is 51.2 Å². The molecule has 1 saturated carbocycles. The highest BCUT2D eigenvalue weighted by Gasteiger charge is 2.40. The number of imidazole rings is 1. The van der Waals surface area contributed by atoms with E-state index in [9.17, 15) is 0 Å². The summed E-state index contributed by atoms with van der Waals surface area (Å²) in [5, 5.41) is 3.41. The summed E-state index contributed by atoms with van der Waals surface area (Å²) in [7, 11) is 4.44. The summed E-state index contributed by atoms with van der Waals surface area (Å²) in [6.07, 6.45) is 5.14. The average Bonchev–Trinajstić information content (AvgIpc) is 2.59. The van der Waals surface area contributed by atoms with E-state index in [1.165, 1.54) is 36.5 Å². The number of hydrogen-bond acceptors (Lipinski definition) is 3. The minimum absolute atomic E-state index is 0.379. The summed E-state index contributed by atoms with van der Waals surface area (Å²) in [4.78, 5) is 7.16. The molecule has 100 valence electrons. The van der Waals surface area contributed by atoms with Gasteiger partial charge >= 0.3 is 0 Å². The molecule has 0 radical (unpaired) electrons. The molecule has 1 N–H and O–H groups in total. The number of nitrogens with zero attached hydrogens (tertiary/aromatic N) is 3. The molecule has 0 saturated heterocycles. The lowest BCUT2D eigenvalue weighted by molar-refractivity contribution is 0.0410. The Morgan fingerprint density at radius 2 is 2.17 bits per heavy atom. The predicted molar refractivity (Wildman–Crippen MR) is 72.6 cm³/mol. The molecule has 1 aliphatic carbocycles. The third-order valence-corrected chi connectivity index (χ3v) is 4.86. The number of hydrogen-bond donors (Lipinski definition) is 1. The first kappa shape index (κ1) is 12.2. The van der Waals surface area contributed by atoms with Gasteiger partial charge in [-0.1, -0.05) is 0 Å². The highest BCUT2D eigenvalue weighted by Crippen LogP contribution is 2.38. The number of likely N-dealkylation sites (N-methyl/N-ethyl adjacent to an activating group) is 1. The Balaban J connectivity index is 1.90. The zero-order valence-electron chi connectivity index (χ0n) is 11.8. The highest BCUT2D eigenvalue weighted by molar-refractivity contribution is 5.20. The summed E-state index contributed by atoms with van der Waals surface area (Å²) in [6.45, 7) is 5.31. The molecular formula is C14H24N4. The Labute approximate surface area is 109 Å². The van der Waals surface area contributed by atoms with Gasteiger partial charge in [-0.25, -0.2) is 4.98 Å². The minimum atomic E-state index is 0.379. The molecule has 0 atom stereocenters.